The molecule has 35 heavy (non-hydrogen) atoms. The van der Waals surface area contributed by atoms with Gasteiger partial charge in [0, 0.05) is 47.0 Å². The van der Waals surface area contributed by atoms with Crippen molar-refractivity contribution in [2.45, 2.75) is 13.0 Å². The van der Waals surface area contributed by atoms with Crippen molar-refractivity contribution < 1.29 is 18.3 Å². The molecule has 7 nitrogen and oxygen atoms in total. The van der Waals surface area contributed by atoms with E-state index in [0.717, 1.165) is 28.6 Å². The quantitative estimate of drug-likeness (QED) is 0.230. The van der Waals surface area contributed by atoms with Gasteiger partial charge in [-0.05, 0) is 42.3 Å². The second kappa shape index (κ2) is 11.6. The van der Waals surface area contributed by atoms with Crippen molar-refractivity contribution in [3.8, 4) is 16.9 Å². The smallest absolute Gasteiger partial charge is 0.229 e. The Balaban J connectivity index is 0.00000342. The zero-order valence-electron chi connectivity index (χ0n) is 19.6. The highest BCUT2D eigenvalue weighted by molar-refractivity contribution is 7.92. The minimum Gasteiger partial charge on any atom is -0.492 e. The number of aliphatic hydroxyl groups excluding tert-OH is 1. The number of aryl methyl sites for hydroxylation is 1. The predicted molar refractivity (Wildman–Crippen MR) is 144 cm³/mol. The van der Waals surface area contributed by atoms with Crippen LogP contribution >= 0.6 is 12.4 Å². The van der Waals surface area contributed by atoms with Gasteiger partial charge in [-0.25, -0.2) is 8.42 Å². The maximum Gasteiger partial charge on any atom is 0.229 e. The summed E-state index contributed by atoms with van der Waals surface area (Å²) >= 11 is 0. The van der Waals surface area contributed by atoms with Crippen molar-refractivity contribution in [2.75, 3.05) is 30.7 Å². The van der Waals surface area contributed by atoms with Crippen molar-refractivity contribution in [3.63, 3.8) is 0 Å². The average molecular weight is 516 g/mol. The highest BCUT2D eigenvalue weighted by Gasteiger charge is 2.12. The molecule has 0 saturated heterocycles. The van der Waals surface area contributed by atoms with Gasteiger partial charge in [0.2, 0.25) is 10.0 Å². The second-order valence-electron chi connectivity index (χ2n) is 8.27. The molecule has 0 aliphatic rings. The Morgan fingerprint density at radius 2 is 1.80 bits per heavy atom. The first kappa shape index (κ1) is 26.6. The number of rotatable bonds is 10. The number of benzene rings is 3. The summed E-state index contributed by atoms with van der Waals surface area (Å²) in [6, 6.07) is 23.1. The zero-order chi connectivity index (χ0) is 24.1. The fraction of sp³-hybridized carbons (Fsp3) is 0.231. The van der Waals surface area contributed by atoms with Crippen molar-refractivity contribution in [3.05, 3.63) is 84.1 Å². The molecule has 4 aromatic rings. The maximum atomic E-state index is 11.4. The van der Waals surface area contributed by atoms with Gasteiger partial charge in [-0.1, -0.05) is 42.5 Å². The third-order valence-corrected chi connectivity index (χ3v) is 6.09. The molecule has 4 rings (SSSR count). The number of hydrogen-bond donors (Lipinski definition) is 4. The molecule has 1 atom stereocenters. The molecule has 0 bridgehead atoms. The van der Waals surface area contributed by atoms with Crippen LogP contribution < -0.4 is 14.8 Å². The molecule has 9 heteroatoms. The highest BCUT2D eigenvalue weighted by Crippen LogP contribution is 2.33. The fourth-order valence-corrected chi connectivity index (χ4v) is 4.55. The summed E-state index contributed by atoms with van der Waals surface area (Å²) in [4.78, 5) is 3.45. The van der Waals surface area contributed by atoms with Gasteiger partial charge < -0.3 is 20.1 Å². The van der Waals surface area contributed by atoms with Crippen LogP contribution in [0.1, 0.15) is 17.4 Å². The van der Waals surface area contributed by atoms with Gasteiger partial charge in [0.1, 0.15) is 12.4 Å². The van der Waals surface area contributed by atoms with E-state index in [4.69, 9.17) is 4.74 Å². The molecule has 0 spiro atoms. The van der Waals surface area contributed by atoms with E-state index >= 15 is 0 Å². The number of aromatic amines is 1. The van der Waals surface area contributed by atoms with Gasteiger partial charge >= 0.3 is 0 Å². The molecule has 0 aliphatic heterocycles. The molecule has 0 radical (unpaired) electrons. The van der Waals surface area contributed by atoms with Gasteiger partial charge in [0.15, 0.2) is 0 Å². The molecule has 3 aromatic carbocycles. The molecule has 0 amide bonds. The first-order valence-corrected chi connectivity index (χ1v) is 13.0. The molecular formula is C26H30ClN3O4S. The van der Waals surface area contributed by atoms with Crippen LogP contribution in [0.25, 0.3) is 22.0 Å². The van der Waals surface area contributed by atoms with Gasteiger partial charge in [-0.3, -0.25) is 4.72 Å². The number of halogens is 1. The number of H-pyrrole nitrogens is 1. The zero-order valence-corrected chi connectivity index (χ0v) is 21.2. The van der Waals surface area contributed by atoms with E-state index in [0.29, 0.717) is 30.9 Å². The van der Waals surface area contributed by atoms with Crippen LogP contribution in [0.4, 0.5) is 5.69 Å². The lowest BCUT2D eigenvalue weighted by Crippen LogP contribution is -2.26. The number of sulfonamides is 1. The molecule has 0 saturated carbocycles. The van der Waals surface area contributed by atoms with Gasteiger partial charge in [-0.15, -0.1) is 12.4 Å². The predicted octanol–water partition coefficient (Wildman–Crippen LogP) is 4.64. The number of nitrogens with one attached hydrogen (secondary N) is 3. The Morgan fingerprint density at radius 3 is 2.54 bits per heavy atom. The van der Waals surface area contributed by atoms with Crippen molar-refractivity contribution in [1.29, 1.82) is 0 Å². The minimum absolute atomic E-state index is 0. The summed E-state index contributed by atoms with van der Waals surface area (Å²) in [5.41, 5.74) is 5.58. The third-order valence-electron chi connectivity index (χ3n) is 5.48. The second-order valence-corrected chi connectivity index (χ2v) is 10.0. The van der Waals surface area contributed by atoms with Crippen molar-refractivity contribution in [1.82, 2.24) is 10.3 Å². The summed E-state index contributed by atoms with van der Waals surface area (Å²) in [5.74, 6) is 0.773. The number of ether oxygens (including phenoxy) is 1. The van der Waals surface area contributed by atoms with E-state index in [1.807, 2.05) is 30.3 Å². The highest BCUT2D eigenvalue weighted by atomic mass is 35.5. The summed E-state index contributed by atoms with van der Waals surface area (Å²) in [6.07, 6.45) is 0.324. The summed E-state index contributed by atoms with van der Waals surface area (Å²) in [6.45, 7) is 3.39. The van der Waals surface area contributed by atoms with E-state index in [1.54, 1.807) is 24.3 Å². The molecule has 0 aliphatic carbocycles. The van der Waals surface area contributed by atoms with Gasteiger partial charge in [0.05, 0.1) is 12.4 Å². The molecule has 0 fully saturated rings. The van der Waals surface area contributed by atoms with Gasteiger partial charge in [0.25, 0.3) is 0 Å². The number of aromatic nitrogens is 1. The third kappa shape index (κ3) is 6.99. The van der Waals surface area contributed by atoms with E-state index in [-0.39, 0.29) is 12.4 Å². The van der Waals surface area contributed by atoms with E-state index in [1.165, 1.54) is 11.1 Å². The summed E-state index contributed by atoms with van der Waals surface area (Å²) in [5, 5.41) is 14.7. The van der Waals surface area contributed by atoms with Crippen LogP contribution in [0.3, 0.4) is 0 Å². The molecule has 186 valence electrons. The van der Waals surface area contributed by atoms with Crippen LogP contribution in [-0.4, -0.2) is 44.5 Å². The van der Waals surface area contributed by atoms with E-state index in [9.17, 15) is 13.5 Å². The SMILES string of the molecule is Cc1[nH]c2cc(OCCNCC(O)c3cccc(NS(C)(=O)=O)c3)ccc2c1-c1ccccc1.Cl. The van der Waals surface area contributed by atoms with Crippen LogP contribution in [0, 0.1) is 6.92 Å². The first-order chi connectivity index (χ1) is 16.3. The van der Waals surface area contributed by atoms with Crippen molar-refractivity contribution >= 4 is 39.0 Å². The normalized spacial score (nSPS) is 12.2. The Morgan fingerprint density at radius 1 is 1.03 bits per heavy atom. The Labute approximate surface area is 212 Å². The van der Waals surface area contributed by atoms with Crippen LogP contribution in [-0.2, 0) is 10.0 Å². The fourth-order valence-electron chi connectivity index (χ4n) is 4.00. The Kier molecular flexibility index (Phi) is 8.80. The van der Waals surface area contributed by atoms with E-state index in [2.05, 4.69) is 40.1 Å². The van der Waals surface area contributed by atoms with Gasteiger partial charge in [-0.2, -0.15) is 0 Å². The number of aliphatic hydroxyl groups is 1. The lowest BCUT2D eigenvalue weighted by molar-refractivity contribution is 0.172. The molecule has 1 unspecified atom stereocenters. The largest absolute Gasteiger partial charge is 0.492 e. The Bertz CT molecular complexity index is 1370. The summed E-state index contributed by atoms with van der Waals surface area (Å²) < 4.78 is 31.1. The van der Waals surface area contributed by atoms with E-state index < -0.39 is 16.1 Å². The standard InChI is InChI=1S/C26H29N3O4S.ClH/c1-18-26(19-7-4-3-5-8-19)23-12-11-22(16-24(23)28-18)33-14-13-27-17-25(30)20-9-6-10-21(15-20)29-34(2,31)32;/h3-12,15-16,25,27-30H,13-14,17H2,1-2H3;1H. The molecular weight excluding hydrogens is 486 g/mol. The lowest BCUT2D eigenvalue weighted by Gasteiger charge is -2.14. The van der Waals surface area contributed by atoms with Crippen LogP contribution in [0.2, 0.25) is 0 Å². The lowest BCUT2D eigenvalue weighted by atomic mass is 10.0. The monoisotopic (exact) mass is 515 g/mol. The minimum atomic E-state index is -3.37. The Hall–Kier alpha value is -3.04. The molecule has 1 heterocycles. The number of hydrogen-bond acceptors (Lipinski definition) is 5. The van der Waals surface area contributed by atoms with Crippen LogP contribution in [0.5, 0.6) is 5.75 Å². The summed E-state index contributed by atoms with van der Waals surface area (Å²) in [7, 11) is -3.37. The molecule has 1 aromatic heterocycles. The molecule has 4 N–H and O–H groups in total. The maximum absolute atomic E-state index is 11.4. The first-order valence-electron chi connectivity index (χ1n) is 11.1. The topological polar surface area (TPSA) is 103 Å². The number of fused-ring (bicyclic) bond motifs is 1. The van der Waals surface area contributed by atoms with Crippen LogP contribution in [0.15, 0.2) is 72.8 Å². The number of anilines is 1. The average Bonchev–Trinajstić information content (AvgIpc) is 3.13. The van der Waals surface area contributed by atoms with Crippen molar-refractivity contribution in [2.24, 2.45) is 0 Å².